The molecule has 0 heterocycles. The second-order valence-corrected chi connectivity index (χ2v) is 4.89. The summed E-state index contributed by atoms with van der Waals surface area (Å²) in [4.78, 5) is 11.9. The Labute approximate surface area is 120 Å². The maximum Gasteiger partial charge on any atom is 0.313 e. The number of carbonyl (C=O) groups excluding carboxylic acids is 1. The molecule has 0 amide bonds. The Morgan fingerprint density at radius 3 is 2.25 bits per heavy atom. The van der Waals surface area contributed by atoms with Gasteiger partial charge in [0.25, 0.3) is 0 Å². The summed E-state index contributed by atoms with van der Waals surface area (Å²) in [7, 11) is 0. The van der Waals surface area contributed by atoms with Gasteiger partial charge in [-0.05, 0) is 30.9 Å². The van der Waals surface area contributed by atoms with E-state index in [2.05, 4.69) is 12.1 Å². The Balaban J connectivity index is 1.73. The summed E-state index contributed by atoms with van der Waals surface area (Å²) in [6.45, 7) is 2.36. The molecule has 0 aliphatic heterocycles. The van der Waals surface area contributed by atoms with E-state index in [1.165, 1.54) is 5.56 Å². The van der Waals surface area contributed by atoms with E-state index in [-0.39, 0.29) is 11.9 Å². The van der Waals surface area contributed by atoms with Gasteiger partial charge in [-0.1, -0.05) is 60.7 Å². The molecule has 1 unspecified atom stereocenters. The molecule has 0 spiro atoms. The fraction of sp³-hybridized carbons (Fsp3) is 0.278. The zero-order chi connectivity index (χ0) is 14.2. The third-order valence-electron chi connectivity index (χ3n) is 3.35. The number of benzene rings is 2. The van der Waals surface area contributed by atoms with E-state index >= 15 is 0 Å². The number of hydrogen-bond acceptors (Lipinski definition) is 2. The molecule has 1 atom stereocenters. The molecule has 0 fully saturated rings. The van der Waals surface area contributed by atoms with Crippen LogP contribution in [0.3, 0.4) is 0 Å². The van der Waals surface area contributed by atoms with E-state index < -0.39 is 0 Å². The van der Waals surface area contributed by atoms with E-state index in [1.54, 1.807) is 0 Å². The van der Waals surface area contributed by atoms with Crippen molar-refractivity contribution >= 4 is 5.97 Å². The summed E-state index contributed by atoms with van der Waals surface area (Å²) < 4.78 is 5.34. The summed E-state index contributed by atoms with van der Waals surface area (Å²) in [5.74, 6) is -0.350. The largest absolute Gasteiger partial charge is 0.465 e. The molecule has 2 nitrogen and oxygen atoms in total. The van der Waals surface area contributed by atoms with Crippen LogP contribution in [0.15, 0.2) is 60.7 Å². The highest BCUT2D eigenvalue weighted by atomic mass is 16.5. The van der Waals surface area contributed by atoms with E-state index in [4.69, 9.17) is 4.74 Å². The second-order valence-electron chi connectivity index (χ2n) is 4.89. The molecule has 0 saturated heterocycles. The molecule has 2 rings (SSSR count). The summed E-state index contributed by atoms with van der Waals surface area (Å²) in [6, 6.07) is 20.0. The molecule has 104 valence electrons. The number of esters is 1. The number of rotatable bonds is 6. The maximum absolute atomic E-state index is 11.9. The molecule has 0 aromatic heterocycles. The number of carbonyl (C=O) groups is 1. The van der Waals surface area contributed by atoms with Gasteiger partial charge < -0.3 is 4.74 Å². The molecule has 0 aliphatic carbocycles. The van der Waals surface area contributed by atoms with Crippen molar-refractivity contribution in [1.82, 2.24) is 0 Å². The van der Waals surface area contributed by atoms with Crippen molar-refractivity contribution in [3.05, 3.63) is 71.8 Å². The zero-order valence-electron chi connectivity index (χ0n) is 11.8. The number of hydrogen-bond donors (Lipinski definition) is 0. The monoisotopic (exact) mass is 268 g/mol. The Hall–Kier alpha value is -2.09. The van der Waals surface area contributed by atoms with Crippen molar-refractivity contribution in [1.29, 1.82) is 0 Å². The van der Waals surface area contributed by atoms with E-state index in [9.17, 15) is 4.79 Å². The molecule has 2 heteroatoms. The van der Waals surface area contributed by atoms with Crippen LogP contribution in [0.5, 0.6) is 0 Å². The highest BCUT2D eigenvalue weighted by Gasteiger charge is 2.15. The van der Waals surface area contributed by atoms with Crippen molar-refractivity contribution in [2.24, 2.45) is 0 Å². The fourth-order valence-corrected chi connectivity index (χ4v) is 2.10. The molecule has 20 heavy (non-hydrogen) atoms. The standard InChI is InChI=1S/C18H20O2/c1-15(17-12-6-3-7-13-17)18(19)20-14-8-11-16-9-4-2-5-10-16/h2-7,9-10,12-13,15H,8,11,14H2,1H3. The molecular weight excluding hydrogens is 248 g/mol. The van der Waals surface area contributed by atoms with Crippen LogP contribution in [0.1, 0.15) is 30.4 Å². The SMILES string of the molecule is CC(C(=O)OCCCc1ccccc1)c1ccccc1. The van der Waals surface area contributed by atoms with Crippen LogP contribution in [0.4, 0.5) is 0 Å². The van der Waals surface area contributed by atoms with Gasteiger partial charge in [-0.25, -0.2) is 0 Å². The lowest BCUT2D eigenvalue weighted by Gasteiger charge is -2.11. The molecule has 0 aliphatic rings. The average molecular weight is 268 g/mol. The molecule has 0 radical (unpaired) electrons. The van der Waals surface area contributed by atoms with Crippen LogP contribution in [0.2, 0.25) is 0 Å². The minimum atomic E-state index is -0.201. The normalized spacial score (nSPS) is 11.8. The van der Waals surface area contributed by atoms with Crippen molar-refractivity contribution < 1.29 is 9.53 Å². The molecule has 2 aromatic carbocycles. The maximum atomic E-state index is 11.9. The molecular formula is C18H20O2. The first-order chi connectivity index (χ1) is 9.77. The number of ether oxygens (including phenoxy) is 1. The van der Waals surface area contributed by atoms with Gasteiger partial charge in [0.1, 0.15) is 0 Å². The van der Waals surface area contributed by atoms with Gasteiger partial charge in [0, 0.05) is 0 Å². The lowest BCUT2D eigenvalue weighted by atomic mass is 10.0. The molecule has 0 saturated carbocycles. The summed E-state index contributed by atoms with van der Waals surface area (Å²) in [6.07, 6.45) is 1.80. The first-order valence-electron chi connectivity index (χ1n) is 7.03. The summed E-state index contributed by atoms with van der Waals surface area (Å²) in [5, 5.41) is 0. The van der Waals surface area contributed by atoms with E-state index in [1.807, 2.05) is 55.5 Å². The fourth-order valence-electron chi connectivity index (χ4n) is 2.10. The van der Waals surface area contributed by atoms with E-state index in [0.717, 1.165) is 18.4 Å². The van der Waals surface area contributed by atoms with Gasteiger partial charge >= 0.3 is 5.97 Å². The summed E-state index contributed by atoms with van der Waals surface area (Å²) >= 11 is 0. The van der Waals surface area contributed by atoms with Gasteiger partial charge in [-0.3, -0.25) is 4.79 Å². The third kappa shape index (κ3) is 4.23. The highest BCUT2D eigenvalue weighted by Crippen LogP contribution is 2.16. The van der Waals surface area contributed by atoms with Crippen molar-refractivity contribution in [2.45, 2.75) is 25.7 Å². The molecule has 2 aromatic rings. The first kappa shape index (κ1) is 14.3. The van der Waals surface area contributed by atoms with Crippen LogP contribution in [-0.4, -0.2) is 12.6 Å². The van der Waals surface area contributed by atoms with Gasteiger partial charge in [0.05, 0.1) is 12.5 Å². The van der Waals surface area contributed by atoms with Crippen molar-refractivity contribution in [3.63, 3.8) is 0 Å². The van der Waals surface area contributed by atoms with Crippen LogP contribution in [0, 0.1) is 0 Å². The van der Waals surface area contributed by atoms with Crippen molar-refractivity contribution in [2.75, 3.05) is 6.61 Å². The van der Waals surface area contributed by atoms with Gasteiger partial charge in [0.15, 0.2) is 0 Å². The Morgan fingerprint density at radius 1 is 1.00 bits per heavy atom. The third-order valence-corrected chi connectivity index (χ3v) is 3.35. The zero-order valence-corrected chi connectivity index (χ0v) is 11.8. The van der Waals surface area contributed by atoms with Gasteiger partial charge in [0.2, 0.25) is 0 Å². The van der Waals surface area contributed by atoms with Crippen LogP contribution in [0.25, 0.3) is 0 Å². The average Bonchev–Trinajstić information content (AvgIpc) is 2.52. The molecule has 0 bridgehead atoms. The highest BCUT2D eigenvalue weighted by molar-refractivity contribution is 5.77. The van der Waals surface area contributed by atoms with Crippen LogP contribution >= 0.6 is 0 Å². The summed E-state index contributed by atoms with van der Waals surface area (Å²) in [5.41, 5.74) is 2.28. The predicted molar refractivity (Wildman–Crippen MR) is 80.6 cm³/mol. The predicted octanol–water partition coefficient (Wildman–Crippen LogP) is 3.97. The van der Waals surface area contributed by atoms with Crippen LogP contribution in [-0.2, 0) is 16.0 Å². The first-order valence-corrected chi connectivity index (χ1v) is 7.03. The van der Waals surface area contributed by atoms with Crippen LogP contribution < -0.4 is 0 Å². The minimum absolute atomic E-state index is 0.149. The van der Waals surface area contributed by atoms with Crippen molar-refractivity contribution in [3.8, 4) is 0 Å². The van der Waals surface area contributed by atoms with Gasteiger partial charge in [-0.2, -0.15) is 0 Å². The number of aryl methyl sites for hydroxylation is 1. The van der Waals surface area contributed by atoms with E-state index in [0.29, 0.717) is 6.61 Å². The van der Waals surface area contributed by atoms with Gasteiger partial charge in [-0.15, -0.1) is 0 Å². The Bertz CT molecular complexity index is 520. The quantitative estimate of drug-likeness (QED) is 0.585. The minimum Gasteiger partial charge on any atom is -0.465 e. The Morgan fingerprint density at radius 2 is 1.60 bits per heavy atom. The lowest BCUT2D eigenvalue weighted by Crippen LogP contribution is -2.14. The second kappa shape index (κ2) is 7.49. The molecule has 0 N–H and O–H groups in total. The topological polar surface area (TPSA) is 26.3 Å². The lowest BCUT2D eigenvalue weighted by molar-refractivity contribution is -0.145. The Kier molecular flexibility index (Phi) is 5.36. The smallest absolute Gasteiger partial charge is 0.313 e.